The van der Waals surface area contributed by atoms with Crippen molar-refractivity contribution >= 4 is 17.5 Å². The first kappa shape index (κ1) is 18.7. The van der Waals surface area contributed by atoms with Crippen molar-refractivity contribution in [3.63, 3.8) is 0 Å². The Morgan fingerprint density at radius 2 is 1.88 bits per heavy atom. The molecule has 1 aliphatic heterocycles. The average molecular weight is 391 g/mol. The van der Waals surface area contributed by atoms with E-state index in [9.17, 15) is 22.4 Å². The fraction of sp³-hybridized carbons (Fsp3) is 0.375. The first-order chi connectivity index (χ1) is 12.2. The van der Waals surface area contributed by atoms with Crippen LogP contribution in [0.4, 0.5) is 17.6 Å². The summed E-state index contributed by atoms with van der Waals surface area (Å²) >= 11 is 6.01. The average Bonchev–Trinajstić information content (AvgIpc) is 3.08. The van der Waals surface area contributed by atoms with E-state index in [4.69, 9.17) is 11.6 Å². The highest BCUT2D eigenvalue weighted by atomic mass is 35.5. The molecule has 0 aliphatic carbocycles. The topological polar surface area (TPSA) is 52.2 Å². The minimum Gasteiger partial charge on any atom is -0.335 e. The predicted octanol–water partition coefficient (Wildman–Crippen LogP) is 3.18. The van der Waals surface area contributed by atoms with E-state index in [0.29, 0.717) is 43.8 Å². The molecule has 140 valence electrons. The highest BCUT2D eigenvalue weighted by molar-refractivity contribution is 6.31. The number of benzene rings is 1. The van der Waals surface area contributed by atoms with Crippen molar-refractivity contribution in [2.24, 2.45) is 0 Å². The van der Waals surface area contributed by atoms with Gasteiger partial charge in [-0.05, 0) is 17.7 Å². The van der Waals surface area contributed by atoms with Crippen molar-refractivity contribution in [2.75, 3.05) is 26.2 Å². The predicted molar refractivity (Wildman–Crippen MR) is 86.2 cm³/mol. The number of aromatic amines is 1. The highest BCUT2D eigenvalue weighted by Gasteiger charge is 2.34. The third-order valence-electron chi connectivity index (χ3n) is 4.17. The van der Waals surface area contributed by atoms with Crippen molar-refractivity contribution in [1.82, 2.24) is 20.0 Å². The van der Waals surface area contributed by atoms with Gasteiger partial charge in [-0.1, -0.05) is 17.7 Å². The smallest absolute Gasteiger partial charge is 0.335 e. The molecule has 1 N–H and O–H groups in total. The number of hydrogen-bond acceptors (Lipinski definition) is 3. The van der Waals surface area contributed by atoms with Crippen LogP contribution in [0.5, 0.6) is 0 Å². The Labute approximate surface area is 151 Å². The SMILES string of the molecule is O=C(c1cc(C(F)(F)F)[nH]n1)N1CCN(Cc2ccc(F)cc2Cl)CC1. The molecule has 0 bridgehead atoms. The molecule has 0 atom stereocenters. The van der Waals surface area contributed by atoms with E-state index in [1.165, 1.54) is 17.0 Å². The second-order valence-electron chi connectivity index (χ2n) is 5.97. The van der Waals surface area contributed by atoms with Crippen LogP contribution in [-0.2, 0) is 12.7 Å². The van der Waals surface area contributed by atoms with Gasteiger partial charge >= 0.3 is 6.18 Å². The molecule has 10 heteroatoms. The Morgan fingerprint density at radius 3 is 2.46 bits per heavy atom. The maximum atomic E-state index is 13.1. The Morgan fingerprint density at radius 1 is 1.19 bits per heavy atom. The van der Waals surface area contributed by atoms with Crippen LogP contribution in [0.1, 0.15) is 21.7 Å². The maximum absolute atomic E-state index is 13.1. The summed E-state index contributed by atoms with van der Waals surface area (Å²) in [6.45, 7) is 2.26. The van der Waals surface area contributed by atoms with Crippen LogP contribution in [0, 0.1) is 5.82 Å². The maximum Gasteiger partial charge on any atom is 0.432 e. The quantitative estimate of drug-likeness (QED) is 0.819. The van der Waals surface area contributed by atoms with E-state index in [0.717, 1.165) is 5.56 Å². The van der Waals surface area contributed by atoms with Crippen LogP contribution in [-0.4, -0.2) is 52.1 Å². The highest BCUT2D eigenvalue weighted by Crippen LogP contribution is 2.28. The molecule has 3 rings (SSSR count). The molecule has 1 aliphatic rings. The molecule has 0 unspecified atom stereocenters. The number of nitrogens with zero attached hydrogens (tertiary/aromatic N) is 3. The normalized spacial score (nSPS) is 16.1. The molecule has 1 amide bonds. The van der Waals surface area contributed by atoms with E-state index in [2.05, 4.69) is 5.10 Å². The Kier molecular flexibility index (Phi) is 5.19. The lowest BCUT2D eigenvalue weighted by Crippen LogP contribution is -2.48. The van der Waals surface area contributed by atoms with E-state index in [1.54, 1.807) is 6.07 Å². The van der Waals surface area contributed by atoms with Crippen molar-refractivity contribution in [1.29, 1.82) is 0 Å². The van der Waals surface area contributed by atoms with Gasteiger partial charge in [-0.15, -0.1) is 0 Å². The zero-order chi connectivity index (χ0) is 18.9. The molecule has 2 heterocycles. The molecule has 5 nitrogen and oxygen atoms in total. The number of hydrogen-bond donors (Lipinski definition) is 1. The van der Waals surface area contributed by atoms with Crippen molar-refractivity contribution in [3.8, 4) is 0 Å². The lowest BCUT2D eigenvalue weighted by molar-refractivity contribution is -0.141. The van der Waals surface area contributed by atoms with Gasteiger partial charge in [-0.25, -0.2) is 4.39 Å². The summed E-state index contributed by atoms with van der Waals surface area (Å²) in [6, 6.07) is 4.90. The van der Waals surface area contributed by atoms with Gasteiger partial charge in [-0.2, -0.15) is 18.3 Å². The number of H-pyrrole nitrogens is 1. The molecule has 2 aromatic rings. The second kappa shape index (κ2) is 7.24. The fourth-order valence-electron chi connectivity index (χ4n) is 2.74. The molecule has 1 saturated heterocycles. The van der Waals surface area contributed by atoms with Gasteiger partial charge in [0.15, 0.2) is 5.69 Å². The minimum absolute atomic E-state index is 0.257. The fourth-order valence-corrected chi connectivity index (χ4v) is 2.97. The van der Waals surface area contributed by atoms with Crippen LogP contribution < -0.4 is 0 Å². The van der Waals surface area contributed by atoms with Crippen molar-refractivity contribution in [2.45, 2.75) is 12.7 Å². The monoisotopic (exact) mass is 390 g/mol. The minimum atomic E-state index is -4.57. The second-order valence-corrected chi connectivity index (χ2v) is 6.38. The number of carbonyl (C=O) groups is 1. The summed E-state index contributed by atoms with van der Waals surface area (Å²) in [5, 5.41) is 5.63. The summed E-state index contributed by atoms with van der Waals surface area (Å²) in [4.78, 5) is 15.8. The summed E-state index contributed by atoms with van der Waals surface area (Å²) in [5.74, 6) is -0.956. The number of aromatic nitrogens is 2. The molecule has 0 spiro atoms. The van der Waals surface area contributed by atoms with Crippen LogP contribution in [0.15, 0.2) is 24.3 Å². The lowest BCUT2D eigenvalue weighted by Gasteiger charge is -2.34. The third-order valence-corrected chi connectivity index (χ3v) is 4.52. The summed E-state index contributed by atoms with van der Waals surface area (Å²) in [7, 11) is 0. The van der Waals surface area contributed by atoms with Gasteiger partial charge < -0.3 is 4.90 Å². The van der Waals surface area contributed by atoms with Gasteiger partial charge in [0.2, 0.25) is 0 Å². The number of piperazine rings is 1. The lowest BCUT2D eigenvalue weighted by atomic mass is 10.2. The third kappa shape index (κ3) is 4.16. The number of alkyl halides is 3. The Balaban J connectivity index is 1.58. The van der Waals surface area contributed by atoms with Crippen LogP contribution >= 0.6 is 11.6 Å². The van der Waals surface area contributed by atoms with E-state index in [-0.39, 0.29) is 5.69 Å². The summed E-state index contributed by atoms with van der Waals surface area (Å²) in [5.41, 5.74) is -0.534. The number of rotatable bonds is 3. The summed E-state index contributed by atoms with van der Waals surface area (Å²) in [6.07, 6.45) is -4.57. The molecule has 1 aromatic carbocycles. The Bertz CT molecular complexity index is 800. The van der Waals surface area contributed by atoms with E-state index in [1.807, 2.05) is 10.00 Å². The zero-order valence-corrected chi connectivity index (χ0v) is 14.2. The number of carbonyl (C=O) groups excluding carboxylic acids is 1. The molecule has 26 heavy (non-hydrogen) atoms. The molecule has 0 radical (unpaired) electrons. The van der Waals surface area contributed by atoms with Gasteiger partial charge in [0.05, 0.1) is 0 Å². The molecule has 1 aromatic heterocycles. The standard InChI is InChI=1S/C16H15ClF4N4O/c17-12-7-11(18)2-1-10(12)9-24-3-5-25(6-4-24)15(26)13-8-14(23-22-13)16(19,20)21/h1-2,7-8H,3-6,9H2,(H,22,23). The molecular weight excluding hydrogens is 376 g/mol. The first-order valence-electron chi connectivity index (χ1n) is 7.82. The van der Waals surface area contributed by atoms with Crippen LogP contribution in [0.3, 0.4) is 0 Å². The molecule has 1 fully saturated rings. The molecular formula is C16H15ClF4N4O. The zero-order valence-electron chi connectivity index (χ0n) is 13.5. The number of amides is 1. The van der Waals surface area contributed by atoms with Crippen LogP contribution in [0.25, 0.3) is 0 Å². The van der Waals surface area contributed by atoms with Crippen molar-refractivity contribution in [3.05, 3.63) is 52.1 Å². The largest absolute Gasteiger partial charge is 0.432 e. The number of halogens is 5. The molecule has 0 saturated carbocycles. The Hall–Kier alpha value is -2.13. The van der Waals surface area contributed by atoms with E-state index >= 15 is 0 Å². The van der Waals surface area contributed by atoms with Crippen molar-refractivity contribution < 1.29 is 22.4 Å². The summed E-state index contributed by atoms with van der Waals surface area (Å²) < 4.78 is 50.8. The van der Waals surface area contributed by atoms with Gasteiger partial charge in [0, 0.05) is 43.8 Å². The first-order valence-corrected chi connectivity index (χ1v) is 8.20. The number of nitrogens with one attached hydrogen (secondary N) is 1. The van der Waals surface area contributed by atoms with Gasteiger partial charge in [-0.3, -0.25) is 14.8 Å². The van der Waals surface area contributed by atoms with Gasteiger partial charge in [0.25, 0.3) is 5.91 Å². The van der Waals surface area contributed by atoms with Gasteiger partial charge in [0.1, 0.15) is 11.5 Å². The van der Waals surface area contributed by atoms with E-state index < -0.39 is 23.6 Å². The van der Waals surface area contributed by atoms with Crippen LogP contribution in [0.2, 0.25) is 5.02 Å².